The van der Waals surface area contributed by atoms with Crippen molar-refractivity contribution in [1.82, 2.24) is 24.4 Å². The molecule has 39 heavy (non-hydrogen) atoms. The largest absolute Gasteiger partial charge is 0.480 e. The summed E-state index contributed by atoms with van der Waals surface area (Å²) < 4.78 is 16.2. The maximum absolute atomic E-state index is 14.2. The van der Waals surface area contributed by atoms with Crippen LogP contribution in [0.25, 0.3) is 5.65 Å². The van der Waals surface area contributed by atoms with Crippen LogP contribution in [0.4, 0.5) is 4.39 Å². The summed E-state index contributed by atoms with van der Waals surface area (Å²) in [6.45, 7) is 8.43. The fourth-order valence-corrected chi connectivity index (χ4v) is 7.24. The number of benzene rings is 1. The Balaban J connectivity index is 1.16. The highest BCUT2D eigenvalue weighted by Crippen LogP contribution is 2.39. The van der Waals surface area contributed by atoms with Crippen molar-refractivity contribution >= 4 is 11.6 Å². The maximum atomic E-state index is 14.2. The van der Waals surface area contributed by atoms with Gasteiger partial charge in [0.25, 0.3) is 0 Å². The second-order valence-corrected chi connectivity index (χ2v) is 12.2. The molecule has 2 aromatic heterocycles. The van der Waals surface area contributed by atoms with Gasteiger partial charge in [-0.3, -0.25) is 9.69 Å². The van der Waals surface area contributed by atoms with E-state index in [-0.39, 0.29) is 17.7 Å². The molecule has 1 unspecified atom stereocenters. The maximum Gasteiger partial charge on any atom is 0.320 e. The standard InChI is InChI=1S/C31H40FN5O2/c1-20-13-21(2)37-30(34-20)27(16-33-37)23-9-11-35(12-10-23)17-25-18-36(29(31(38)39)14-22-5-3-6-22)19-28(25)24-7-4-8-26(32)15-24/h4,7-8,13,15-16,22-23,25,28-29H,3,5-6,9-12,14,17-19H2,1-2H3,(H,38,39)/t25?,28-,29-/m1/s1. The quantitative estimate of drug-likeness (QED) is 0.438. The van der Waals surface area contributed by atoms with E-state index in [0.717, 1.165) is 80.9 Å². The first-order chi connectivity index (χ1) is 18.9. The smallest absolute Gasteiger partial charge is 0.320 e. The van der Waals surface area contributed by atoms with Crippen molar-refractivity contribution in [3.8, 4) is 0 Å². The summed E-state index contributed by atoms with van der Waals surface area (Å²) >= 11 is 0. The number of rotatable bonds is 8. The number of nitrogens with zero attached hydrogens (tertiary/aromatic N) is 5. The Labute approximate surface area is 230 Å². The molecule has 6 rings (SSSR count). The molecule has 3 fully saturated rings. The summed E-state index contributed by atoms with van der Waals surface area (Å²) in [5.74, 6) is 0.437. The van der Waals surface area contributed by atoms with Crippen molar-refractivity contribution in [3.63, 3.8) is 0 Å². The Bertz CT molecular complexity index is 1330. The molecule has 1 aliphatic carbocycles. The van der Waals surface area contributed by atoms with E-state index in [0.29, 0.717) is 18.4 Å². The fraction of sp³-hybridized carbons (Fsp3) is 0.581. The number of hydrogen-bond acceptors (Lipinski definition) is 5. The summed E-state index contributed by atoms with van der Waals surface area (Å²) in [4.78, 5) is 21.8. The normalized spacial score (nSPS) is 24.3. The number of piperidine rings is 1. The Hall–Kier alpha value is -2.84. The van der Waals surface area contributed by atoms with Gasteiger partial charge in [0, 0.05) is 42.5 Å². The van der Waals surface area contributed by atoms with Gasteiger partial charge in [-0.1, -0.05) is 31.4 Å². The number of aliphatic carboxylic acids is 1. The topological polar surface area (TPSA) is 74.0 Å². The van der Waals surface area contributed by atoms with Crippen LogP contribution in [-0.4, -0.2) is 74.2 Å². The third-order valence-electron chi connectivity index (χ3n) is 9.58. The molecule has 0 amide bonds. The van der Waals surface area contributed by atoms with E-state index >= 15 is 0 Å². The van der Waals surface area contributed by atoms with Gasteiger partial charge in [0.2, 0.25) is 0 Å². The molecule has 0 bridgehead atoms. The van der Waals surface area contributed by atoms with Crippen LogP contribution in [0.5, 0.6) is 0 Å². The van der Waals surface area contributed by atoms with Crippen LogP contribution in [0.1, 0.15) is 72.9 Å². The summed E-state index contributed by atoms with van der Waals surface area (Å²) in [5, 5.41) is 14.7. The number of aromatic nitrogens is 3. The van der Waals surface area contributed by atoms with Crippen LogP contribution < -0.4 is 0 Å². The summed E-state index contributed by atoms with van der Waals surface area (Å²) in [6, 6.07) is 8.56. The Morgan fingerprint density at radius 1 is 1.13 bits per heavy atom. The molecule has 0 spiro atoms. The number of carboxylic acids is 1. The minimum atomic E-state index is -0.714. The van der Waals surface area contributed by atoms with Crippen molar-refractivity contribution in [2.24, 2.45) is 11.8 Å². The number of fused-ring (bicyclic) bond motifs is 1. The Morgan fingerprint density at radius 3 is 2.62 bits per heavy atom. The summed E-state index contributed by atoms with van der Waals surface area (Å²) in [6.07, 6.45) is 8.34. The SMILES string of the molecule is Cc1cc(C)n2ncc(C3CCN(CC4CN([C@H](CC5CCC5)C(=O)O)C[C@@H]4c4cccc(F)c4)CC3)c2n1. The number of carbonyl (C=O) groups is 1. The highest BCUT2D eigenvalue weighted by molar-refractivity contribution is 5.73. The summed E-state index contributed by atoms with van der Waals surface area (Å²) in [7, 11) is 0. The van der Waals surface area contributed by atoms with E-state index < -0.39 is 12.0 Å². The highest BCUT2D eigenvalue weighted by atomic mass is 19.1. The van der Waals surface area contributed by atoms with Crippen LogP contribution >= 0.6 is 0 Å². The first kappa shape index (κ1) is 26.4. The third-order valence-corrected chi connectivity index (χ3v) is 9.58. The lowest BCUT2D eigenvalue weighted by Gasteiger charge is -2.35. The van der Waals surface area contributed by atoms with Crippen LogP contribution in [0, 0.1) is 31.5 Å². The van der Waals surface area contributed by atoms with E-state index in [1.54, 1.807) is 12.1 Å². The Morgan fingerprint density at radius 2 is 1.92 bits per heavy atom. The molecule has 3 atom stereocenters. The lowest BCUT2D eigenvalue weighted by Crippen LogP contribution is -2.43. The van der Waals surface area contributed by atoms with Gasteiger partial charge in [-0.15, -0.1) is 0 Å². The van der Waals surface area contributed by atoms with Gasteiger partial charge in [0.1, 0.15) is 11.9 Å². The van der Waals surface area contributed by atoms with Crippen LogP contribution in [-0.2, 0) is 4.79 Å². The van der Waals surface area contributed by atoms with Crippen molar-refractivity contribution in [2.75, 3.05) is 32.7 Å². The molecule has 8 heteroatoms. The van der Waals surface area contributed by atoms with E-state index in [1.165, 1.54) is 18.1 Å². The van der Waals surface area contributed by atoms with Crippen molar-refractivity contribution in [3.05, 3.63) is 64.9 Å². The molecule has 0 radical (unpaired) electrons. The average molecular weight is 534 g/mol. The van der Waals surface area contributed by atoms with Gasteiger partial charge in [-0.25, -0.2) is 13.9 Å². The van der Waals surface area contributed by atoms with Crippen LogP contribution in [0.3, 0.4) is 0 Å². The van der Waals surface area contributed by atoms with E-state index in [9.17, 15) is 14.3 Å². The first-order valence-corrected chi connectivity index (χ1v) is 14.6. The molecule has 3 aliphatic rings. The second-order valence-electron chi connectivity index (χ2n) is 12.2. The number of hydrogen-bond donors (Lipinski definition) is 1. The van der Waals surface area contributed by atoms with Crippen molar-refractivity contribution < 1.29 is 14.3 Å². The van der Waals surface area contributed by atoms with Crippen LogP contribution in [0.15, 0.2) is 36.5 Å². The highest BCUT2D eigenvalue weighted by Gasteiger charge is 2.41. The molecule has 3 aromatic rings. The molecule has 1 aromatic carbocycles. The van der Waals surface area contributed by atoms with Crippen molar-refractivity contribution in [1.29, 1.82) is 0 Å². The zero-order valence-corrected chi connectivity index (χ0v) is 23.1. The lowest BCUT2D eigenvalue weighted by molar-refractivity contribution is -0.144. The minimum Gasteiger partial charge on any atom is -0.480 e. The van der Waals surface area contributed by atoms with E-state index in [4.69, 9.17) is 4.98 Å². The van der Waals surface area contributed by atoms with Gasteiger partial charge in [-0.2, -0.15) is 5.10 Å². The zero-order chi connectivity index (χ0) is 27.1. The number of halogens is 1. The second kappa shape index (κ2) is 11.0. The average Bonchev–Trinajstić information content (AvgIpc) is 3.48. The monoisotopic (exact) mass is 533 g/mol. The van der Waals surface area contributed by atoms with E-state index in [2.05, 4.69) is 27.9 Å². The number of likely N-dealkylation sites (tertiary alicyclic amines) is 2. The molecule has 7 nitrogen and oxygen atoms in total. The minimum absolute atomic E-state index is 0.136. The third kappa shape index (κ3) is 5.46. The predicted octanol–water partition coefficient (Wildman–Crippen LogP) is 5.02. The molecule has 1 N–H and O–H groups in total. The molecule has 1 saturated carbocycles. The zero-order valence-electron chi connectivity index (χ0n) is 23.1. The van der Waals surface area contributed by atoms with E-state index in [1.807, 2.05) is 23.7 Å². The molecule has 2 aliphatic heterocycles. The van der Waals surface area contributed by atoms with Crippen LogP contribution in [0.2, 0.25) is 0 Å². The van der Waals surface area contributed by atoms with Gasteiger partial charge in [-0.05, 0) is 87.7 Å². The van der Waals surface area contributed by atoms with Gasteiger partial charge in [0.05, 0.1) is 6.20 Å². The predicted molar refractivity (Wildman–Crippen MR) is 148 cm³/mol. The molecular formula is C31H40FN5O2. The van der Waals surface area contributed by atoms with Gasteiger partial charge < -0.3 is 10.0 Å². The fourth-order valence-electron chi connectivity index (χ4n) is 7.24. The molecule has 208 valence electrons. The van der Waals surface area contributed by atoms with Crippen molar-refractivity contribution in [2.45, 2.75) is 70.3 Å². The van der Waals surface area contributed by atoms with Gasteiger partial charge in [0.15, 0.2) is 5.65 Å². The number of carboxylic acid groups (broad SMARTS) is 1. The molecule has 2 saturated heterocycles. The Kier molecular flexibility index (Phi) is 7.42. The lowest BCUT2D eigenvalue weighted by atomic mass is 9.80. The summed E-state index contributed by atoms with van der Waals surface area (Å²) in [5.41, 5.74) is 5.34. The van der Waals surface area contributed by atoms with Gasteiger partial charge >= 0.3 is 5.97 Å². The first-order valence-electron chi connectivity index (χ1n) is 14.6. The molecule has 4 heterocycles. The number of aryl methyl sites for hydroxylation is 2. The molecular weight excluding hydrogens is 493 g/mol.